The molecule has 1 fully saturated rings. The first kappa shape index (κ1) is 20.4. The molecule has 0 aromatic carbocycles. The Labute approximate surface area is 167 Å². The lowest BCUT2D eigenvalue weighted by Gasteiger charge is -2.44. The zero-order valence-corrected chi connectivity index (χ0v) is 17.1. The summed E-state index contributed by atoms with van der Waals surface area (Å²) in [6.45, 7) is 5.32. The lowest BCUT2D eigenvalue weighted by atomic mass is 10.0. The molecule has 2 aromatic rings. The highest BCUT2D eigenvalue weighted by Crippen LogP contribution is 2.24. The van der Waals surface area contributed by atoms with Crippen molar-refractivity contribution in [3.05, 3.63) is 30.0 Å². The number of ether oxygens (including phenoxy) is 1. The fourth-order valence-corrected chi connectivity index (χ4v) is 3.90. The molecule has 3 rings (SSSR count). The number of methoxy groups -OCH3 is 1. The summed E-state index contributed by atoms with van der Waals surface area (Å²) < 4.78 is 10.7. The molecular weight excluding hydrogens is 382 g/mol. The lowest BCUT2D eigenvalue weighted by Crippen LogP contribution is -2.60. The second-order valence-corrected chi connectivity index (χ2v) is 7.62. The molecule has 1 aliphatic rings. The molecule has 1 saturated heterocycles. The zero-order valence-electron chi connectivity index (χ0n) is 16.3. The Kier molecular flexibility index (Phi) is 6.74. The molecule has 0 aliphatic carbocycles. The van der Waals surface area contributed by atoms with Gasteiger partial charge in [0.05, 0.1) is 18.8 Å². The van der Waals surface area contributed by atoms with Gasteiger partial charge in [-0.3, -0.25) is 14.7 Å². The van der Waals surface area contributed by atoms with Gasteiger partial charge in [-0.15, -0.1) is 0 Å². The van der Waals surface area contributed by atoms with E-state index < -0.39 is 0 Å². The van der Waals surface area contributed by atoms with Crippen LogP contribution in [-0.4, -0.2) is 75.7 Å². The molecule has 152 valence electrons. The van der Waals surface area contributed by atoms with Crippen LogP contribution in [0.15, 0.2) is 28.0 Å². The van der Waals surface area contributed by atoms with Gasteiger partial charge >= 0.3 is 0 Å². The molecule has 28 heavy (non-hydrogen) atoms. The summed E-state index contributed by atoms with van der Waals surface area (Å²) in [5, 5.41) is 7.26. The van der Waals surface area contributed by atoms with E-state index in [9.17, 15) is 9.59 Å². The van der Waals surface area contributed by atoms with Crippen molar-refractivity contribution >= 4 is 23.6 Å². The molecule has 3 heterocycles. The Morgan fingerprint density at radius 3 is 2.75 bits per heavy atom. The normalized spacial score (nSPS) is 19.8. The van der Waals surface area contributed by atoms with Gasteiger partial charge in [0.2, 0.25) is 5.91 Å². The molecular formula is C18H25N5O4S. The van der Waals surface area contributed by atoms with Gasteiger partial charge in [-0.25, -0.2) is 4.98 Å². The summed E-state index contributed by atoms with van der Waals surface area (Å²) in [4.78, 5) is 32.9. The molecule has 0 bridgehead atoms. The van der Waals surface area contributed by atoms with E-state index >= 15 is 0 Å². The maximum Gasteiger partial charge on any atom is 0.289 e. The van der Waals surface area contributed by atoms with Gasteiger partial charge in [-0.1, -0.05) is 11.8 Å². The quantitative estimate of drug-likeness (QED) is 0.698. The van der Waals surface area contributed by atoms with E-state index in [2.05, 4.69) is 15.2 Å². The highest BCUT2D eigenvalue weighted by molar-refractivity contribution is 7.98. The van der Waals surface area contributed by atoms with Crippen LogP contribution in [0.5, 0.6) is 0 Å². The minimum absolute atomic E-state index is 0.0537. The zero-order chi connectivity index (χ0) is 20.1. The fraction of sp³-hybridized carbons (Fsp3) is 0.556. The molecule has 1 N–H and O–H groups in total. The number of piperazine rings is 1. The van der Waals surface area contributed by atoms with Crippen LogP contribution >= 0.6 is 11.8 Å². The van der Waals surface area contributed by atoms with E-state index in [-0.39, 0.29) is 23.9 Å². The largest absolute Gasteiger partial charge is 0.455 e. The number of H-pyrrole nitrogens is 1. The third-order valence-corrected chi connectivity index (χ3v) is 5.88. The van der Waals surface area contributed by atoms with Gasteiger partial charge < -0.3 is 19.0 Å². The van der Waals surface area contributed by atoms with E-state index in [4.69, 9.17) is 9.15 Å². The van der Waals surface area contributed by atoms with Crippen molar-refractivity contribution in [1.82, 2.24) is 25.0 Å². The van der Waals surface area contributed by atoms with E-state index in [1.165, 1.54) is 18.1 Å². The van der Waals surface area contributed by atoms with Gasteiger partial charge in [-0.05, 0) is 26.0 Å². The Bertz CT molecular complexity index is 794. The Morgan fingerprint density at radius 1 is 1.29 bits per heavy atom. The molecule has 0 radical (unpaired) electrons. The predicted molar refractivity (Wildman–Crippen MR) is 103 cm³/mol. The third-order valence-electron chi connectivity index (χ3n) is 4.98. The Balaban J connectivity index is 1.59. The van der Waals surface area contributed by atoms with Crippen LogP contribution in [0.25, 0.3) is 0 Å². The van der Waals surface area contributed by atoms with Gasteiger partial charge in [0.1, 0.15) is 12.1 Å². The molecule has 9 nitrogen and oxygen atoms in total. The van der Waals surface area contributed by atoms with E-state index in [1.54, 1.807) is 24.1 Å². The molecule has 0 spiro atoms. The minimum Gasteiger partial charge on any atom is -0.455 e. The van der Waals surface area contributed by atoms with Crippen molar-refractivity contribution in [2.24, 2.45) is 0 Å². The summed E-state index contributed by atoms with van der Waals surface area (Å²) in [5.74, 6) is 1.46. The van der Waals surface area contributed by atoms with Crippen LogP contribution in [0.3, 0.4) is 0 Å². The topological polar surface area (TPSA) is 105 Å². The third kappa shape index (κ3) is 4.56. The van der Waals surface area contributed by atoms with Crippen LogP contribution in [0, 0.1) is 0 Å². The van der Waals surface area contributed by atoms with Crippen molar-refractivity contribution < 1.29 is 18.7 Å². The van der Waals surface area contributed by atoms with Gasteiger partial charge in [0.15, 0.2) is 10.9 Å². The van der Waals surface area contributed by atoms with Crippen molar-refractivity contribution in [2.75, 3.05) is 26.8 Å². The average Bonchev–Trinajstić information content (AvgIpc) is 3.37. The minimum atomic E-state index is -0.153. The number of furan rings is 1. The molecule has 2 amide bonds. The predicted octanol–water partition coefficient (Wildman–Crippen LogP) is 1.79. The van der Waals surface area contributed by atoms with Crippen LogP contribution in [0.1, 0.15) is 36.6 Å². The number of rotatable bonds is 7. The van der Waals surface area contributed by atoms with Crippen LogP contribution in [0.2, 0.25) is 0 Å². The number of nitrogens with one attached hydrogen (secondary N) is 1. The molecule has 10 heteroatoms. The number of aromatic nitrogens is 3. The highest BCUT2D eigenvalue weighted by Gasteiger charge is 2.36. The monoisotopic (exact) mass is 407 g/mol. The summed E-state index contributed by atoms with van der Waals surface area (Å²) in [5.41, 5.74) is 0. The van der Waals surface area contributed by atoms with Gasteiger partial charge in [0.25, 0.3) is 5.91 Å². The smallest absolute Gasteiger partial charge is 0.289 e. The maximum atomic E-state index is 12.9. The summed E-state index contributed by atoms with van der Waals surface area (Å²) >= 11 is 1.45. The molecule has 2 atom stereocenters. The first-order chi connectivity index (χ1) is 13.5. The van der Waals surface area contributed by atoms with Crippen LogP contribution in [0.4, 0.5) is 0 Å². The van der Waals surface area contributed by atoms with Gasteiger partial charge in [-0.2, -0.15) is 5.10 Å². The van der Waals surface area contributed by atoms with Gasteiger partial charge in [0, 0.05) is 32.3 Å². The number of nitrogens with zero attached hydrogens (tertiary/aromatic N) is 4. The van der Waals surface area contributed by atoms with Crippen LogP contribution in [-0.2, 0) is 15.3 Å². The first-order valence-electron chi connectivity index (χ1n) is 9.17. The standard InChI is InChI=1S/C18H25N5O4S/c1-12-13(2)23(8-7-22(12)16(24)6-9-26-3)17(25)15-5-4-14(27-15)10-28-18-19-11-20-21-18/h4-5,11-13H,6-10H2,1-3H3,(H,19,20,21)/t12-,13-/m1/s1. The number of thioether (sulfide) groups is 1. The van der Waals surface area contributed by atoms with E-state index in [0.29, 0.717) is 48.5 Å². The second kappa shape index (κ2) is 9.24. The average molecular weight is 407 g/mol. The number of hydrogen-bond donors (Lipinski definition) is 1. The van der Waals surface area contributed by atoms with Crippen molar-refractivity contribution in [3.63, 3.8) is 0 Å². The Hall–Kier alpha value is -2.33. The Morgan fingerprint density at radius 2 is 2.04 bits per heavy atom. The summed E-state index contributed by atoms with van der Waals surface area (Å²) in [6, 6.07) is 3.32. The second-order valence-electron chi connectivity index (χ2n) is 6.65. The summed E-state index contributed by atoms with van der Waals surface area (Å²) in [7, 11) is 1.58. The molecule has 2 aromatic heterocycles. The highest BCUT2D eigenvalue weighted by atomic mass is 32.2. The summed E-state index contributed by atoms with van der Waals surface area (Å²) in [6.07, 6.45) is 1.80. The number of hydrogen-bond acceptors (Lipinski definition) is 7. The number of carbonyl (C=O) groups excluding carboxylic acids is 2. The van der Waals surface area contributed by atoms with Crippen molar-refractivity contribution in [2.45, 2.75) is 43.3 Å². The number of aromatic amines is 1. The van der Waals surface area contributed by atoms with Crippen LogP contribution < -0.4 is 0 Å². The molecule has 0 unspecified atom stereocenters. The number of carbonyl (C=O) groups is 2. The molecule has 1 aliphatic heterocycles. The number of amides is 2. The van der Waals surface area contributed by atoms with E-state index in [0.717, 1.165) is 0 Å². The maximum absolute atomic E-state index is 12.9. The van der Waals surface area contributed by atoms with Crippen molar-refractivity contribution in [1.29, 1.82) is 0 Å². The molecule has 0 saturated carbocycles. The van der Waals surface area contributed by atoms with E-state index in [1.807, 2.05) is 18.7 Å². The van der Waals surface area contributed by atoms with Crippen molar-refractivity contribution in [3.8, 4) is 0 Å². The first-order valence-corrected chi connectivity index (χ1v) is 10.2. The lowest BCUT2D eigenvalue weighted by molar-refractivity contribution is -0.137. The SMILES string of the molecule is COCCC(=O)N1CCN(C(=O)c2ccc(CSc3ncn[nH]3)o2)[C@H](C)[C@H]1C. The fourth-order valence-electron chi connectivity index (χ4n) is 3.23.